The number of H-pyrrole nitrogens is 1. The molecule has 5 nitrogen and oxygen atoms in total. The Morgan fingerprint density at radius 2 is 2.18 bits per heavy atom. The molecule has 1 fully saturated rings. The fraction of sp³-hybridized carbons (Fsp3) is 0.500. The van der Waals surface area contributed by atoms with E-state index in [1.54, 1.807) is 17.2 Å². The summed E-state index contributed by atoms with van der Waals surface area (Å²) in [5.74, 6) is -0.109. The third-order valence-corrected chi connectivity index (χ3v) is 2.83. The maximum Gasteiger partial charge on any atom is 0.270 e. The van der Waals surface area contributed by atoms with Crippen molar-refractivity contribution in [3.8, 4) is 0 Å². The molecule has 5 heteroatoms. The number of hydrogen-bond donors (Lipinski definition) is 1. The molecule has 0 saturated carbocycles. The predicted octanol–water partition coefficient (Wildman–Crippen LogP) is 1.08. The molecule has 2 rings (SSSR count). The van der Waals surface area contributed by atoms with E-state index < -0.39 is 0 Å². The molecule has 0 aromatic carbocycles. The lowest BCUT2D eigenvalue weighted by Crippen LogP contribution is -2.33. The molecule has 0 unspecified atom stereocenters. The Bertz CT molecular complexity index is 417. The molecular formula is C12H16N2O3. The molecule has 1 saturated heterocycles. The molecule has 1 amide bonds. The number of aromatic amines is 1. The Kier molecular flexibility index (Phi) is 3.58. The van der Waals surface area contributed by atoms with Gasteiger partial charge in [0.15, 0.2) is 5.78 Å². The maximum absolute atomic E-state index is 12.1. The van der Waals surface area contributed by atoms with Crippen LogP contribution in [0.1, 0.15) is 34.2 Å². The minimum Gasteiger partial charge on any atom is -0.380 e. The van der Waals surface area contributed by atoms with Crippen LogP contribution in [0.5, 0.6) is 0 Å². The van der Waals surface area contributed by atoms with Gasteiger partial charge in [0.05, 0.1) is 6.61 Å². The van der Waals surface area contributed by atoms with Gasteiger partial charge < -0.3 is 14.6 Å². The first-order chi connectivity index (χ1) is 8.18. The first kappa shape index (κ1) is 11.9. The molecule has 0 aliphatic carbocycles. The smallest absolute Gasteiger partial charge is 0.270 e. The number of nitrogens with zero attached hydrogens (tertiary/aromatic N) is 1. The second-order valence-electron chi connectivity index (χ2n) is 4.12. The van der Waals surface area contributed by atoms with Crippen LogP contribution < -0.4 is 0 Å². The molecule has 1 aromatic heterocycles. The van der Waals surface area contributed by atoms with E-state index in [0.29, 0.717) is 37.6 Å². The second kappa shape index (κ2) is 5.14. The van der Waals surface area contributed by atoms with Crippen molar-refractivity contribution in [3.63, 3.8) is 0 Å². The first-order valence-electron chi connectivity index (χ1n) is 5.75. The van der Waals surface area contributed by atoms with Crippen LogP contribution in [0.25, 0.3) is 0 Å². The molecule has 1 N–H and O–H groups in total. The average Bonchev–Trinajstić information content (AvgIpc) is 2.65. The summed E-state index contributed by atoms with van der Waals surface area (Å²) in [6, 6.07) is 1.61. The summed E-state index contributed by atoms with van der Waals surface area (Å²) in [4.78, 5) is 27.9. The number of carbonyl (C=O) groups excluding carboxylic acids is 2. The number of ketones is 1. The molecule has 92 valence electrons. The van der Waals surface area contributed by atoms with Crippen molar-refractivity contribution in [1.82, 2.24) is 9.88 Å². The Morgan fingerprint density at radius 3 is 2.88 bits per heavy atom. The SMILES string of the molecule is CC(=O)c1c[nH]c(C(=O)N2CCCOCC2)c1. The van der Waals surface area contributed by atoms with Crippen LogP contribution in [-0.4, -0.2) is 47.9 Å². The quantitative estimate of drug-likeness (QED) is 0.781. The number of hydrogen-bond acceptors (Lipinski definition) is 3. The van der Waals surface area contributed by atoms with Gasteiger partial charge in [0, 0.05) is 31.5 Å². The molecule has 1 aliphatic rings. The van der Waals surface area contributed by atoms with Crippen molar-refractivity contribution in [2.75, 3.05) is 26.3 Å². The summed E-state index contributed by atoms with van der Waals surface area (Å²) in [6.07, 6.45) is 2.43. The third-order valence-electron chi connectivity index (χ3n) is 2.83. The van der Waals surface area contributed by atoms with Gasteiger partial charge in [-0.15, -0.1) is 0 Å². The maximum atomic E-state index is 12.1. The van der Waals surface area contributed by atoms with Crippen LogP contribution in [0.3, 0.4) is 0 Å². The van der Waals surface area contributed by atoms with Crippen molar-refractivity contribution in [3.05, 3.63) is 23.5 Å². The molecule has 1 aliphatic heterocycles. The molecule has 0 spiro atoms. The first-order valence-corrected chi connectivity index (χ1v) is 5.75. The molecule has 0 radical (unpaired) electrons. The normalized spacial score (nSPS) is 16.6. The fourth-order valence-electron chi connectivity index (χ4n) is 1.84. The van der Waals surface area contributed by atoms with E-state index in [9.17, 15) is 9.59 Å². The third kappa shape index (κ3) is 2.74. The summed E-state index contributed by atoms with van der Waals surface area (Å²) in [5, 5.41) is 0. The van der Waals surface area contributed by atoms with Crippen LogP contribution in [0, 0.1) is 0 Å². The topological polar surface area (TPSA) is 62.4 Å². The Balaban J connectivity index is 2.09. The highest BCUT2D eigenvalue weighted by Gasteiger charge is 2.19. The summed E-state index contributed by atoms with van der Waals surface area (Å²) in [7, 11) is 0. The summed E-state index contributed by atoms with van der Waals surface area (Å²) >= 11 is 0. The van der Waals surface area contributed by atoms with Crippen LogP contribution in [-0.2, 0) is 4.74 Å². The van der Waals surface area contributed by atoms with Gasteiger partial charge >= 0.3 is 0 Å². The summed E-state index contributed by atoms with van der Waals surface area (Å²) in [5.41, 5.74) is 1.01. The second-order valence-corrected chi connectivity index (χ2v) is 4.12. The summed E-state index contributed by atoms with van der Waals surface area (Å²) in [6.45, 7) is 4.07. The van der Waals surface area contributed by atoms with Crippen molar-refractivity contribution < 1.29 is 14.3 Å². The van der Waals surface area contributed by atoms with E-state index in [1.165, 1.54) is 6.92 Å². The van der Waals surface area contributed by atoms with Gasteiger partial charge in [0.1, 0.15) is 5.69 Å². The van der Waals surface area contributed by atoms with Crippen molar-refractivity contribution in [2.24, 2.45) is 0 Å². The Morgan fingerprint density at radius 1 is 1.35 bits per heavy atom. The van der Waals surface area contributed by atoms with Gasteiger partial charge in [-0.2, -0.15) is 0 Å². The zero-order valence-corrected chi connectivity index (χ0v) is 9.86. The number of nitrogens with one attached hydrogen (secondary N) is 1. The minimum absolute atomic E-state index is 0.0421. The van der Waals surface area contributed by atoms with E-state index >= 15 is 0 Å². The Hall–Kier alpha value is -1.62. The number of ether oxygens (including phenoxy) is 1. The van der Waals surface area contributed by atoms with E-state index in [1.807, 2.05) is 0 Å². The standard InChI is InChI=1S/C12H16N2O3/c1-9(15)10-7-11(13-8-10)12(16)14-3-2-5-17-6-4-14/h7-8,13H,2-6H2,1H3. The van der Waals surface area contributed by atoms with Gasteiger partial charge in [0.2, 0.25) is 0 Å². The average molecular weight is 236 g/mol. The molecule has 17 heavy (non-hydrogen) atoms. The number of amides is 1. The van der Waals surface area contributed by atoms with Crippen molar-refractivity contribution in [2.45, 2.75) is 13.3 Å². The van der Waals surface area contributed by atoms with Gasteiger partial charge in [0.25, 0.3) is 5.91 Å². The van der Waals surface area contributed by atoms with Crippen LogP contribution in [0.4, 0.5) is 0 Å². The van der Waals surface area contributed by atoms with E-state index in [2.05, 4.69) is 4.98 Å². The van der Waals surface area contributed by atoms with Gasteiger partial charge in [-0.3, -0.25) is 9.59 Å². The van der Waals surface area contributed by atoms with E-state index in [4.69, 9.17) is 4.74 Å². The number of Topliss-reactive ketones (excluding diaryl/α,β-unsaturated/α-hetero) is 1. The van der Waals surface area contributed by atoms with Crippen molar-refractivity contribution >= 4 is 11.7 Å². The number of rotatable bonds is 2. The Labute approximate surface area is 99.8 Å². The van der Waals surface area contributed by atoms with Gasteiger partial charge in [-0.1, -0.05) is 0 Å². The monoisotopic (exact) mass is 236 g/mol. The fourth-order valence-corrected chi connectivity index (χ4v) is 1.84. The van der Waals surface area contributed by atoms with E-state index in [0.717, 1.165) is 6.42 Å². The highest BCUT2D eigenvalue weighted by Crippen LogP contribution is 2.09. The molecule has 2 heterocycles. The summed E-state index contributed by atoms with van der Waals surface area (Å²) < 4.78 is 5.30. The number of aromatic nitrogens is 1. The van der Waals surface area contributed by atoms with Crippen molar-refractivity contribution in [1.29, 1.82) is 0 Å². The molecule has 0 atom stereocenters. The zero-order valence-electron chi connectivity index (χ0n) is 9.86. The lowest BCUT2D eigenvalue weighted by atomic mass is 10.2. The molecule has 1 aromatic rings. The highest BCUT2D eigenvalue weighted by molar-refractivity contribution is 5.99. The number of carbonyl (C=O) groups is 2. The van der Waals surface area contributed by atoms with E-state index in [-0.39, 0.29) is 11.7 Å². The van der Waals surface area contributed by atoms with Crippen LogP contribution in [0.15, 0.2) is 12.3 Å². The molecule has 0 bridgehead atoms. The van der Waals surface area contributed by atoms with Crippen LogP contribution >= 0.6 is 0 Å². The zero-order chi connectivity index (χ0) is 12.3. The minimum atomic E-state index is -0.0667. The van der Waals surface area contributed by atoms with Crippen LogP contribution in [0.2, 0.25) is 0 Å². The van der Waals surface area contributed by atoms with Gasteiger partial charge in [-0.25, -0.2) is 0 Å². The lowest BCUT2D eigenvalue weighted by Gasteiger charge is -2.18. The predicted molar refractivity (Wildman–Crippen MR) is 62.1 cm³/mol. The highest BCUT2D eigenvalue weighted by atomic mass is 16.5. The lowest BCUT2D eigenvalue weighted by molar-refractivity contribution is 0.0736. The van der Waals surface area contributed by atoms with Gasteiger partial charge in [-0.05, 0) is 19.4 Å². The largest absolute Gasteiger partial charge is 0.380 e. The molecular weight excluding hydrogens is 220 g/mol.